The lowest BCUT2D eigenvalue weighted by molar-refractivity contribution is 0.255. The van der Waals surface area contributed by atoms with Crippen LogP contribution in [0.1, 0.15) is 30.7 Å². The largest absolute Gasteiger partial charge is 0.344 e. The predicted molar refractivity (Wildman–Crippen MR) is 78.4 cm³/mol. The van der Waals surface area contributed by atoms with Gasteiger partial charge in [0.05, 0.1) is 0 Å². The van der Waals surface area contributed by atoms with E-state index in [0.717, 1.165) is 18.9 Å². The summed E-state index contributed by atoms with van der Waals surface area (Å²) in [6.45, 7) is 3.95. The van der Waals surface area contributed by atoms with Crippen LogP contribution in [-0.2, 0) is 0 Å². The first-order valence-electron chi connectivity index (χ1n) is 7.12. The monoisotopic (exact) mass is 263 g/mol. The molecule has 1 saturated heterocycles. The highest BCUT2D eigenvalue weighted by Crippen LogP contribution is 2.26. The molecule has 1 aliphatic heterocycles. The normalized spacial score (nSPS) is 17.6. The highest BCUT2D eigenvalue weighted by molar-refractivity contribution is 5.29. The van der Waals surface area contributed by atoms with Gasteiger partial charge in [0, 0.05) is 26.0 Å². The number of hydrogen-bond donors (Lipinski definition) is 1. The summed E-state index contributed by atoms with van der Waals surface area (Å²) in [5.41, 5.74) is 6.80. The van der Waals surface area contributed by atoms with Crippen LogP contribution in [-0.4, -0.2) is 55.1 Å². The first kappa shape index (κ1) is 14.2. The molecule has 1 aromatic rings. The molecule has 19 heavy (non-hydrogen) atoms. The van der Waals surface area contributed by atoms with Crippen molar-refractivity contribution in [1.82, 2.24) is 14.9 Å². The number of aromatic nitrogens is 2. The second-order valence-electron chi connectivity index (χ2n) is 5.46. The van der Waals surface area contributed by atoms with E-state index >= 15 is 0 Å². The van der Waals surface area contributed by atoms with Crippen molar-refractivity contribution in [3.05, 3.63) is 18.0 Å². The quantitative estimate of drug-likeness (QED) is 0.861. The number of rotatable bonds is 5. The van der Waals surface area contributed by atoms with Gasteiger partial charge in [0.25, 0.3) is 0 Å². The maximum absolute atomic E-state index is 5.52. The van der Waals surface area contributed by atoms with Crippen LogP contribution < -0.4 is 10.6 Å². The fraction of sp³-hybridized carbons (Fsp3) is 0.714. The lowest BCUT2D eigenvalue weighted by atomic mass is 9.92. The summed E-state index contributed by atoms with van der Waals surface area (Å²) >= 11 is 0. The van der Waals surface area contributed by atoms with Crippen molar-refractivity contribution in [2.24, 2.45) is 5.73 Å². The molecule has 5 nitrogen and oxygen atoms in total. The van der Waals surface area contributed by atoms with Crippen molar-refractivity contribution >= 4 is 5.95 Å². The van der Waals surface area contributed by atoms with Gasteiger partial charge in [-0.15, -0.1) is 0 Å². The van der Waals surface area contributed by atoms with E-state index in [1.54, 1.807) is 0 Å². The molecule has 0 aliphatic carbocycles. The Kier molecular flexibility index (Phi) is 5.10. The molecule has 0 aromatic carbocycles. The van der Waals surface area contributed by atoms with Gasteiger partial charge in [-0.1, -0.05) is 0 Å². The molecule has 2 heterocycles. The van der Waals surface area contributed by atoms with Gasteiger partial charge in [-0.2, -0.15) is 0 Å². The molecule has 2 N–H and O–H groups in total. The average molecular weight is 263 g/mol. The van der Waals surface area contributed by atoms with E-state index in [-0.39, 0.29) is 0 Å². The van der Waals surface area contributed by atoms with E-state index in [2.05, 4.69) is 26.8 Å². The van der Waals surface area contributed by atoms with Crippen LogP contribution in [0.2, 0.25) is 0 Å². The third-order valence-electron chi connectivity index (χ3n) is 3.89. The fourth-order valence-corrected chi connectivity index (χ4v) is 2.51. The second-order valence-corrected chi connectivity index (χ2v) is 5.46. The molecule has 0 atom stereocenters. The zero-order chi connectivity index (χ0) is 13.7. The first-order valence-corrected chi connectivity index (χ1v) is 7.12. The molecule has 0 radical (unpaired) electrons. The molecule has 5 heteroatoms. The van der Waals surface area contributed by atoms with Crippen LogP contribution in [0.3, 0.4) is 0 Å². The molecule has 0 bridgehead atoms. The SMILES string of the molecule is CN1CCC(c2cnc(N(C)CCCN)nc2)CC1. The topological polar surface area (TPSA) is 58.3 Å². The van der Waals surface area contributed by atoms with Gasteiger partial charge in [-0.3, -0.25) is 0 Å². The van der Waals surface area contributed by atoms with Crippen LogP contribution in [0.5, 0.6) is 0 Å². The van der Waals surface area contributed by atoms with E-state index in [1.807, 2.05) is 19.4 Å². The summed E-state index contributed by atoms with van der Waals surface area (Å²) in [6.07, 6.45) is 7.38. The van der Waals surface area contributed by atoms with Gasteiger partial charge in [-0.05, 0) is 57.4 Å². The summed E-state index contributed by atoms with van der Waals surface area (Å²) in [5, 5.41) is 0. The minimum Gasteiger partial charge on any atom is -0.344 e. The van der Waals surface area contributed by atoms with Crippen LogP contribution in [0.25, 0.3) is 0 Å². The molecule has 1 aromatic heterocycles. The van der Waals surface area contributed by atoms with Crippen molar-refractivity contribution in [3.8, 4) is 0 Å². The van der Waals surface area contributed by atoms with Crippen molar-refractivity contribution < 1.29 is 0 Å². The van der Waals surface area contributed by atoms with E-state index in [9.17, 15) is 0 Å². The Morgan fingerprint density at radius 1 is 1.32 bits per heavy atom. The van der Waals surface area contributed by atoms with Gasteiger partial charge in [-0.25, -0.2) is 9.97 Å². The third kappa shape index (κ3) is 3.88. The van der Waals surface area contributed by atoms with Crippen molar-refractivity contribution in [2.75, 3.05) is 45.2 Å². The maximum Gasteiger partial charge on any atom is 0.224 e. The molecule has 2 rings (SSSR count). The van der Waals surface area contributed by atoms with Crippen molar-refractivity contribution in [3.63, 3.8) is 0 Å². The molecule has 1 fully saturated rings. The number of nitrogens with zero attached hydrogens (tertiary/aromatic N) is 4. The predicted octanol–water partition coefficient (Wildman–Crippen LogP) is 1.07. The van der Waals surface area contributed by atoms with Crippen LogP contribution in [0.15, 0.2) is 12.4 Å². The summed E-state index contributed by atoms with van der Waals surface area (Å²) < 4.78 is 0. The summed E-state index contributed by atoms with van der Waals surface area (Å²) in [4.78, 5) is 13.4. The summed E-state index contributed by atoms with van der Waals surface area (Å²) in [7, 11) is 4.20. The van der Waals surface area contributed by atoms with E-state index < -0.39 is 0 Å². The third-order valence-corrected chi connectivity index (χ3v) is 3.89. The molecule has 0 unspecified atom stereocenters. The van der Waals surface area contributed by atoms with E-state index in [1.165, 1.54) is 31.5 Å². The Morgan fingerprint density at radius 3 is 2.53 bits per heavy atom. The average Bonchev–Trinajstić information content (AvgIpc) is 2.46. The summed E-state index contributed by atoms with van der Waals surface area (Å²) in [5.74, 6) is 1.42. The zero-order valence-corrected chi connectivity index (χ0v) is 12.0. The lowest BCUT2D eigenvalue weighted by Gasteiger charge is -2.29. The Labute approximate surface area is 115 Å². The highest BCUT2D eigenvalue weighted by Gasteiger charge is 2.19. The minimum absolute atomic E-state index is 0.625. The molecule has 1 aliphatic rings. The molecular weight excluding hydrogens is 238 g/mol. The molecular formula is C14H25N5. The molecule has 0 saturated carbocycles. The number of anilines is 1. The fourth-order valence-electron chi connectivity index (χ4n) is 2.51. The zero-order valence-electron chi connectivity index (χ0n) is 12.0. The van der Waals surface area contributed by atoms with Gasteiger partial charge in [0.2, 0.25) is 5.95 Å². The lowest BCUT2D eigenvalue weighted by Crippen LogP contribution is -2.29. The second kappa shape index (κ2) is 6.82. The standard InChI is InChI=1S/C14H25N5/c1-18-8-4-12(5-9-18)13-10-16-14(17-11-13)19(2)7-3-6-15/h10-12H,3-9,15H2,1-2H3. The number of nitrogens with two attached hydrogens (primary N) is 1. The van der Waals surface area contributed by atoms with Crippen molar-refractivity contribution in [1.29, 1.82) is 0 Å². The smallest absolute Gasteiger partial charge is 0.224 e. The maximum atomic E-state index is 5.52. The van der Waals surface area contributed by atoms with Crippen LogP contribution in [0.4, 0.5) is 5.95 Å². The number of likely N-dealkylation sites (tertiary alicyclic amines) is 1. The first-order chi connectivity index (χ1) is 9.20. The molecule has 106 valence electrons. The van der Waals surface area contributed by atoms with Gasteiger partial charge in [0.15, 0.2) is 0 Å². The van der Waals surface area contributed by atoms with Crippen LogP contribution >= 0.6 is 0 Å². The van der Waals surface area contributed by atoms with Crippen molar-refractivity contribution in [2.45, 2.75) is 25.2 Å². The van der Waals surface area contributed by atoms with Crippen LogP contribution in [0, 0.1) is 0 Å². The number of hydrogen-bond acceptors (Lipinski definition) is 5. The molecule has 0 amide bonds. The summed E-state index contributed by atoms with van der Waals surface area (Å²) in [6, 6.07) is 0. The minimum atomic E-state index is 0.625. The van der Waals surface area contributed by atoms with Gasteiger partial charge in [0.1, 0.15) is 0 Å². The Hall–Kier alpha value is -1.20. The molecule has 0 spiro atoms. The van der Waals surface area contributed by atoms with E-state index in [4.69, 9.17) is 5.73 Å². The Balaban J connectivity index is 1.94. The van der Waals surface area contributed by atoms with Gasteiger partial charge >= 0.3 is 0 Å². The van der Waals surface area contributed by atoms with Gasteiger partial charge < -0.3 is 15.5 Å². The Morgan fingerprint density at radius 2 is 1.95 bits per heavy atom. The number of piperidine rings is 1. The highest BCUT2D eigenvalue weighted by atomic mass is 15.2. The Bertz CT molecular complexity index is 370. The van der Waals surface area contributed by atoms with E-state index in [0.29, 0.717) is 12.5 Å².